The highest BCUT2D eigenvalue weighted by Crippen LogP contribution is 2.28. The van der Waals surface area contributed by atoms with E-state index in [1.54, 1.807) is 30.3 Å². The van der Waals surface area contributed by atoms with Crippen molar-refractivity contribution in [3.05, 3.63) is 52.5 Å². The lowest BCUT2D eigenvalue weighted by atomic mass is 10.2. The minimum absolute atomic E-state index is 0.175. The summed E-state index contributed by atoms with van der Waals surface area (Å²) in [5.74, 6) is -0.560. The molecular weight excluding hydrogens is 442 g/mol. The first kappa shape index (κ1) is 18.5. The van der Waals surface area contributed by atoms with Crippen molar-refractivity contribution in [2.45, 2.75) is 4.90 Å². The highest BCUT2D eigenvalue weighted by Gasteiger charge is 2.15. The molecule has 0 fully saturated rings. The fourth-order valence-electron chi connectivity index (χ4n) is 2.13. The summed E-state index contributed by atoms with van der Waals surface area (Å²) in [5.41, 5.74) is 0.875. The number of nitrogens with zero attached hydrogens (tertiary/aromatic N) is 1. The van der Waals surface area contributed by atoms with Crippen LogP contribution in [0.3, 0.4) is 0 Å². The number of hydrogen-bond acceptors (Lipinski definition) is 6. The van der Waals surface area contributed by atoms with E-state index in [0.717, 1.165) is 17.6 Å². The molecule has 1 aromatic heterocycles. The van der Waals surface area contributed by atoms with Gasteiger partial charge in [-0.1, -0.05) is 23.5 Å². The molecule has 3 amide bonds. The molecule has 0 radical (unpaired) electrons. The standard InChI is InChI=1S/C16H12BrN3O4S2/c1-26(23,24)9-6-7-12-13(8-9)25-16(18-12)20-15(22)19-14(21)10-4-2-3-5-11(10)17/h2-8H,1H3,(H2,18,19,20,21,22). The summed E-state index contributed by atoms with van der Waals surface area (Å²) in [7, 11) is -3.33. The molecular formula is C16H12BrN3O4S2. The van der Waals surface area contributed by atoms with Gasteiger partial charge in [-0.3, -0.25) is 15.4 Å². The predicted molar refractivity (Wildman–Crippen MR) is 103 cm³/mol. The summed E-state index contributed by atoms with van der Waals surface area (Å²) in [6.45, 7) is 0. The van der Waals surface area contributed by atoms with Gasteiger partial charge in [0.1, 0.15) is 0 Å². The van der Waals surface area contributed by atoms with Crippen LogP contribution in [0.15, 0.2) is 51.8 Å². The van der Waals surface area contributed by atoms with Gasteiger partial charge in [0, 0.05) is 10.7 Å². The van der Waals surface area contributed by atoms with Crippen LogP contribution in [-0.2, 0) is 9.84 Å². The molecule has 0 saturated heterocycles. The van der Waals surface area contributed by atoms with Crippen LogP contribution in [0.5, 0.6) is 0 Å². The Morgan fingerprint density at radius 3 is 2.58 bits per heavy atom. The van der Waals surface area contributed by atoms with Crippen molar-refractivity contribution in [1.82, 2.24) is 10.3 Å². The largest absolute Gasteiger partial charge is 0.327 e. The first-order chi connectivity index (χ1) is 12.2. The van der Waals surface area contributed by atoms with E-state index in [4.69, 9.17) is 0 Å². The van der Waals surface area contributed by atoms with Crippen LogP contribution in [-0.4, -0.2) is 31.6 Å². The Morgan fingerprint density at radius 1 is 1.15 bits per heavy atom. The monoisotopic (exact) mass is 453 g/mol. The third-order valence-corrected chi connectivity index (χ3v) is 6.09. The second-order valence-corrected chi connectivity index (χ2v) is 9.21. The van der Waals surface area contributed by atoms with Gasteiger partial charge in [0.05, 0.1) is 20.7 Å². The molecule has 134 valence electrons. The second kappa shape index (κ2) is 7.14. The molecule has 0 bridgehead atoms. The van der Waals surface area contributed by atoms with Gasteiger partial charge in [-0.2, -0.15) is 0 Å². The van der Waals surface area contributed by atoms with Gasteiger partial charge >= 0.3 is 6.03 Å². The summed E-state index contributed by atoms with van der Waals surface area (Å²) < 4.78 is 24.4. The molecule has 0 spiro atoms. The number of nitrogens with one attached hydrogen (secondary N) is 2. The molecule has 0 aliphatic carbocycles. The van der Waals surface area contributed by atoms with Crippen molar-refractivity contribution in [2.24, 2.45) is 0 Å². The molecule has 3 aromatic rings. The smallest absolute Gasteiger partial charge is 0.283 e. The summed E-state index contributed by atoms with van der Waals surface area (Å²) in [4.78, 5) is 28.5. The Balaban J connectivity index is 1.75. The zero-order valence-electron chi connectivity index (χ0n) is 13.3. The van der Waals surface area contributed by atoms with Gasteiger partial charge in [-0.25, -0.2) is 18.2 Å². The number of fused-ring (bicyclic) bond motifs is 1. The van der Waals surface area contributed by atoms with Crippen LogP contribution in [0.25, 0.3) is 10.2 Å². The highest BCUT2D eigenvalue weighted by atomic mass is 79.9. The molecule has 2 aromatic carbocycles. The van der Waals surface area contributed by atoms with Crippen LogP contribution in [0.1, 0.15) is 10.4 Å². The zero-order valence-corrected chi connectivity index (χ0v) is 16.5. The topological polar surface area (TPSA) is 105 Å². The normalized spacial score (nSPS) is 11.3. The number of anilines is 1. The molecule has 10 heteroatoms. The van der Waals surface area contributed by atoms with Crippen molar-refractivity contribution in [3.63, 3.8) is 0 Å². The maximum absolute atomic E-state index is 12.1. The van der Waals surface area contributed by atoms with Crippen molar-refractivity contribution in [1.29, 1.82) is 0 Å². The summed E-state index contributed by atoms with van der Waals surface area (Å²) in [6.07, 6.45) is 1.12. The minimum Gasteiger partial charge on any atom is -0.283 e. The predicted octanol–water partition coefficient (Wildman–Crippen LogP) is 3.42. The Kier molecular flexibility index (Phi) is 5.08. The molecule has 1 heterocycles. The average Bonchev–Trinajstić information content (AvgIpc) is 2.95. The van der Waals surface area contributed by atoms with Gasteiger partial charge in [0.25, 0.3) is 5.91 Å². The molecule has 0 unspecified atom stereocenters. The van der Waals surface area contributed by atoms with E-state index in [9.17, 15) is 18.0 Å². The summed E-state index contributed by atoms with van der Waals surface area (Å²) >= 11 is 4.36. The lowest BCUT2D eigenvalue weighted by Gasteiger charge is -2.05. The van der Waals surface area contributed by atoms with Gasteiger partial charge in [-0.15, -0.1) is 0 Å². The number of carbonyl (C=O) groups excluding carboxylic acids is 2. The lowest BCUT2D eigenvalue weighted by molar-refractivity contribution is 0.0966. The first-order valence-electron chi connectivity index (χ1n) is 7.21. The van der Waals surface area contributed by atoms with Crippen molar-refractivity contribution >= 4 is 64.4 Å². The van der Waals surface area contributed by atoms with Crippen molar-refractivity contribution in [2.75, 3.05) is 11.6 Å². The molecule has 0 aliphatic rings. The van der Waals surface area contributed by atoms with Gasteiger partial charge < -0.3 is 0 Å². The van der Waals surface area contributed by atoms with Crippen LogP contribution in [0.4, 0.5) is 9.93 Å². The van der Waals surface area contributed by atoms with E-state index >= 15 is 0 Å². The quantitative estimate of drug-likeness (QED) is 0.631. The molecule has 0 atom stereocenters. The van der Waals surface area contributed by atoms with Crippen LogP contribution in [0, 0.1) is 0 Å². The summed E-state index contributed by atoms with van der Waals surface area (Å²) in [5, 5.41) is 4.95. The van der Waals surface area contributed by atoms with Crippen LogP contribution >= 0.6 is 27.3 Å². The third-order valence-electron chi connectivity index (χ3n) is 3.35. The molecule has 0 saturated carbocycles. The number of amides is 3. The van der Waals surface area contributed by atoms with Crippen LogP contribution < -0.4 is 10.6 Å². The molecule has 7 nitrogen and oxygen atoms in total. The minimum atomic E-state index is -3.33. The number of hydrogen-bond donors (Lipinski definition) is 2. The summed E-state index contributed by atoms with van der Waals surface area (Å²) in [6, 6.07) is 10.5. The average molecular weight is 454 g/mol. The number of sulfone groups is 1. The number of aromatic nitrogens is 1. The molecule has 2 N–H and O–H groups in total. The zero-order chi connectivity index (χ0) is 18.9. The number of thiazole rings is 1. The number of benzene rings is 2. The van der Waals surface area contributed by atoms with Gasteiger partial charge in [0.15, 0.2) is 15.0 Å². The SMILES string of the molecule is CS(=O)(=O)c1ccc2nc(NC(=O)NC(=O)c3ccccc3Br)sc2c1. The van der Waals surface area contributed by atoms with Crippen LogP contribution in [0.2, 0.25) is 0 Å². The Labute approximate surface area is 161 Å². The van der Waals surface area contributed by atoms with E-state index in [1.165, 1.54) is 12.1 Å². The van der Waals surface area contributed by atoms with Gasteiger partial charge in [-0.05, 0) is 46.3 Å². The van der Waals surface area contributed by atoms with E-state index < -0.39 is 21.8 Å². The van der Waals surface area contributed by atoms with E-state index in [0.29, 0.717) is 20.3 Å². The number of rotatable bonds is 3. The molecule has 26 heavy (non-hydrogen) atoms. The van der Waals surface area contributed by atoms with E-state index in [2.05, 4.69) is 31.5 Å². The Bertz CT molecular complexity index is 1130. The number of halogens is 1. The van der Waals surface area contributed by atoms with E-state index in [-0.39, 0.29) is 10.0 Å². The Morgan fingerprint density at radius 2 is 1.88 bits per heavy atom. The Hall–Kier alpha value is -2.30. The number of imide groups is 1. The highest BCUT2D eigenvalue weighted by molar-refractivity contribution is 9.10. The fraction of sp³-hybridized carbons (Fsp3) is 0.0625. The van der Waals surface area contributed by atoms with E-state index in [1.807, 2.05) is 0 Å². The maximum atomic E-state index is 12.1. The maximum Gasteiger partial charge on any atom is 0.327 e. The molecule has 0 aliphatic heterocycles. The number of urea groups is 1. The lowest BCUT2D eigenvalue weighted by Crippen LogP contribution is -2.34. The number of carbonyl (C=O) groups is 2. The van der Waals surface area contributed by atoms with Gasteiger partial charge in [0.2, 0.25) is 0 Å². The second-order valence-electron chi connectivity index (χ2n) is 5.31. The van der Waals surface area contributed by atoms with Crippen molar-refractivity contribution < 1.29 is 18.0 Å². The van der Waals surface area contributed by atoms with Crippen molar-refractivity contribution in [3.8, 4) is 0 Å². The molecule has 3 rings (SSSR count). The first-order valence-corrected chi connectivity index (χ1v) is 10.7. The third kappa shape index (κ3) is 4.09. The fourth-order valence-corrected chi connectivity index (χ4v) is 4.22.